The molecule has 0 radical (unpaired) electrons. The SMILES string of the molecule is CCS(=O)(=O)Nc1ccccc1C(=O)Nc1ccc(Sc2nccn2C)cc1. The minimum atomic E-state index is -3.48. The van der Waals surface area contributed by atoms with E-state index in [4.69, 9.17) is 0 Å². The van der Waals surface area contributed by atoms with Crippen molar-refractivity contribution in [2.45, 2.75) is 17.0 Å². The number of amides is 1. The van der Waals surface area contributed by atoms with E-state index in [0.29, 0.717) is 5.69 Å². The maximum atomic E-state index is 12.6. The topological polar surface area (TPSA) is 93.1 Å². The molecule has 0 spiro atoms. The number of benzene rings is 2. The van der Waals surface area contributed by atoms with Gasteiger partial charge in [0.15, 0.2) is 5.16 Å². The molecule has 0 atom stereocenters. The van der Waals surface area contributed by atoms with Gasteiger partial charge in [-0.15, -0.1) is 0 Å². The molecule has 2 N–H and O–H groups in total. The number of imidazole rings is 1. The molecule has 1 heterocycles. The highest BCUT2D eigenvalue weighted by Crippen LogP contribution is 2.27. The van der Waals surface area contributed by atoms with Crippen LogP contribution in [0.1, 0.15) is 17.3 Å². The first-order chi connectivity index (χ1) is 13.4. The lowest BCUT2D eigenvalue weighted by Gasteiger charge is -2.12. The van der Waals surface area contributed by atoms with Crippen molar-refractivity contribution in [3.63, 3.8) is 0 Å². The summed E-state index contributed by atoms with van der Waals surface area (Å²) in [6.45, 7) is 1.54. The zero-order chi connectivity index (χ0) is 20.1. The summed E-state index contributed by atoms with van der Waals surface area (Å²) in [4.78, 5) is 17.9. The van der Waals surface area contributed by atoms with E-state index in [1.807, 2.05) is 29.9 Å². The van der Waals surface area contributed by atoms with Crippen LogP contribution in [0.25, 0.3) is 0 Å². The molecule has 3 aromatic rings. The molecule has 7 nitrogen and oxygen atoms in total. The third kappa shape index (κ3) is 4.93. The van der Waals surface area contributed by atoms with Gasteiger partial charge in [-0.1, -0.05) is 23.9 Å². The molecule has 146 valence electrons. The predicted molar refractivity (Wildman–Crippen MR) is 111 cm³/mol. The number of aromatic nitrogens is 2. The molecular formula is C19H20N4O3S2. The summed E-state index contributed by atoms with van der Waals surface area (Å²) < 4.78 is 28.1. The molecule has 0 fully saturated rings. The molecule has 1 aromatic heterocycles. The molecule has 0 saturated heterocycles. The zero-order valence-electron chi connectivity index (χ0n) is 15.4. The summed E-state index contributed by atoms with van der Waals surface area (Å²) in [5.74, 6) is -0.461. The van der Waals surface area contributed by atoms with E-state index in [9.17, 15) is 13.2 Å². The quantitative estimate of drug-likeness (QED) is 0.614. The molecule has 1 amide bonds. The standard InChI is InChI=1S/C19H20N4O3S2/c1-3-28(25,26)22-17-7-5-4-6-16(17)18(24)21-14-8-10-15(11-9-14)27-19-20-12-13-23(19)2/h4-13,22H,3H2,1-2H3,(H,21,24). The van der Waals surface area contributed by atoms with Crippen molar-refractivity contribution in [2.75, 3.05) is 15.8 Å². The van der Waals surface area contributed by atoms with Gasteiger partial charge < -0.3 is 9.88 Å². The Morgan fingerprint density at radius 3 is 2.50 bits per heavy atom. The fourth-order valence-corrected chi connectivity index (χ4v) is 3.83. The molecule has 0 saturated carbocycles. The molecule has 0 aliphatic carbocycles. The van der Waals surface area contributed by atoms with Crippen molar-refractivity contribution in [1.29, 1.82) is 0 Å². The van der Waals surface area contributed by atoms with Crippen molar-refractivity contribution >= 4 is 39.1 Å². The van der Waals surface area contributed by atoms with Crippen molar-refractivity contribution < 1.29 is 13.2 Å². The van der Waals surface area contributed by atoms with Gasteiger partial charge in [0.05, 0.1) is 17.0 Å². The van der Waals surface area contributed by atoms with Crippen LogP contribution in [0.3, 0.4) is 0 Å². The van der Waals surface area contributed by atoms with Gasteiger partial charge >= 0.3 is 0 Å². The highest BCUT2D eigenvalue weighted by molar-refractivity contribution is 7.99. The number of rotatable bonds is 7. The number of para-hydroxylation sites is 1. The lowest BCUT2D eigenvalue weighted by molar-refractivity contribution is 0.102. The zero-order valence-corrected chi connectivity index (χ0v) is 17.0. The molecule has 9 heteroatoms. The van der Waals surface area contributed by atoms with Crippen LogP contribution in [0.5, 0.6) is 0 Å². The largest absolute Gasteiger partial charge is 0.329 e. The van der Waals surface area contributed by atoms with Crippen molar-refractivity contribution in [2.24, 2.45) is 7.05 Å². The lowest BCUT2D eigenvalue weighted by Crippen LogP contribution is -2.19. The number of anilines is 2. The van der Waals surface area contributed by atoms with Crippen LogP contribution < -0.4 is 10.0 Å². The first-order valence-corrected chi connectivity index (χ1v) is 11.0. The van der Waals surface area contributed by atoms with E-state index in [1.54, 1.807) is 42.6 Å². The number of sulfonamides is 1. The van der Waals surface area contributed by atoms with Crippen LogP contribution in [0.2, 0.25) is 0 Å². The van der Waals surface area contributed by atoms with Crippen molar-refractivity contribution in [1.82, 2.24) is 9.55 Å². The number of aryl methyl sites for hydroxylation is 1. The van der Waals surface area contributed by atoms with Gasteiger partial charge in [-0.3, -0.25) is 9.52 Å². The maximum Gasteiger partial charge on any atom is 0.257 e. The van der Waals surface area contributed by atoms with Crippen LogP contribution in [0.15, 0.2) is 71.0 Å². The fourth-order valence-electron chi connectivity index (χ4n) is 2.37. The van der Waals surface area contributed by atoms with Crippen molar-refractivity contribution in [3.8, 4) is 0 Å². The Balaban J connectivity index is 1.72. The van der Waals surface area contributed by atoms with Crippen LogP contribution in [-0.4, -0.2) is 29.6 Å². The molecule has 3 rings (SSSR count). The molecular weight excluding hydrogens is 396 g/mol. The molecule has 0 aliphatic rings. The van der Waals surface area contributed by atoms with E-state index in [1.165, 1.54) is 18.7 Å². The Morgan fingerprint density at radius 2 is 1.86 bits per heavy atom. The van der Waals surface area contributed by atoms with Gasteiger partial charge in [0.1, 0.15) is 0 Å². The van der Waals surface area contributed by atoms with E-state index in [0.717, 1.165) is 10.1 Å². The van der Waals surface area contributed by atoms with Crippen LogP contribution in [0, 0.1) is 0 Å². The summed E-state index contributed by atoms with van der Waals surface area (Å²) in [5, 5.41) is 3.67. The van der Waals surface area contributed by atoms with Gasteiger partial charge in [-0.05, 0) is 43.3 Å². The summed E-state index contributed by atoms with van der Waals surface area (Å²) in [6.07, 6.45) is 3.61. The van der Waals surface area contributed by atoms with Crippen LogP contribution >= 0.6 is 11.8 Å². The highest BCUT2D eigenvalue weighted by Gasteiger charge is 2.15. The first kappa shape index (κ1) is 20.0. The average molecular weight is 417 g/mol. The third-order valence-corrected chi connectivity index (χ3v) is 6.29. The van der Waals surface area contributed by atoms with E-state index in [-0.39, 0.29) is 22.9 Å². The number of hydrogen-bond acceptors (Lipinski definition) is 5. The smallest absolute Gasteiger partial charge is 0.257 e. The van der Waals surface area contributed by atoms with Crippen molar-refractivity contribution in [3.05, 3.63) is 66.5 Å². The summed E-state index contributed by atoms with van der Waals surface area (Å²) in [5.41, 5.74) is 1.12. The second-order valence-electron chi connectivity index (χ2n) is 5.95. The van der Waals surface area contributed by atoms with Gasteiger partial charge in [0.25, 0.3) is 5.91 Å². The normalized spacial score (nSPS) is 11.2. The van der Waals surface area contributed by atoms with E-state index in [2.05, 4.69) is 15.0 Å². The predicted octanol–water partition coefficient (Wildman–Crippen LogP) is 3.59. The van der Waals surface area contributed by atoms with Gasteiger partial charge in [-0.2, -0.15) is 0 Å². The molecule has 2 aromatic carbocycles. The summed E-state index contributed by atoms with van der Waals surface area (Å²) in [6, 6.07) is 13.9. The Kier molecular flexibility index (Phi) is 6.05. The summed E-state index contributed by atoms with van der Waals surface area (Å²) >= 11 is 1.52. The number of nitrogens with one attached hydrogen (secondary N) is 2. The van der Waals surface area contributed by atoms with Crippen LogP contribution in [-0.2, 0) is 17.1 Å². The third-order valence-electron chi connectivity index (χ3n) is 3.92. The van der Waals surface area contributed by atoms with Gasteiger partial charge in [0, 0.05) is 30.0 Å². The van der Waals surface area contributed by atoms with E-state index < -0.39 is 10.0 Å². The van der Waals surface area contributed by atoms with Gasteiger partial charge in [-0.25, -0.2) is 13.4 Å². The average Bonchev–Trinajstić information content (AvgIpc) is 3.08. The Morgan fingerprint density at radius 1 is 1.14 bits per heavy atom. The number of carbonyl (C=O) groups excluding carboxylic acids is 1. The number of carbonyl (C=O) groups is 1. The first-order valence-electron chi connectivity index (χ1n) is 8.54. The van der Waals surface area contributed by atoms with E-state index >= 15 is 0 Å². The minimum Gasteiger partial charge on any atom is -0.329 e. The minimum absolute atomic E-state index is 0.0713. The Hall–Kier alpha value is -2.78. The van der Waals surface area contributed by atoms with Gasteiger partial charge in [0.2, 0.25) is 10.0 Å². The summed E-state index contributed by atoms with van der Waals surface area (Å²) in [7, 11) is -1.55. The second-order valence-corrected chi connectivity index (χ2v) is 9.00. The Bertz CT molecular complexity index is 1080. The lowest BCUT2D eigenvalue weighted by atomic mass is 10.1. The maximum absolute atomic E-state index is 12.6. The van der Waals surface area contributed by atoms with Crippen LogP contribution in [0.4, 0.5) is 11.4 Å². The monoisotopic (exact) mass is 416 g/mol. The number of nitrogens with zero attached hydrogens (tertiary/aromatic N) is 2. The molecule has 0 bridgehead atoms. The highest BCUT2D eigenvalue weighted by atomic mass is 32.2. The Labute approximate surface area is 168 Å². The second kappa shape index (κ2) is 8.49. The molecule has 0 unspecified atom stereocenters. The fraction of sp³-hybridized carbons (Fsp3) is 0.158. The molecule has 28 heavy (non-hydrogen) atoms. The molecule has 0 aliphatic heterocycles. The number of hydrogen-bond donors (Lipinski definition) is 2.